The Hall–Kier alpha value is -2.50. The largest absolute Gasteiger partial charge is 0.497 e. The second kappa shape index (κ2) is 6.09. The molecule has 1 fully saturated rings. The molecule has 0 saturated heterocycles. The number of ether oxygens (including phenoxy) is 2. The molecule has 3 rings (SSSR count). The number of aromatic carboxylic acids is 1. The van der Waals surface area contributed by atoms with Crippen molar-refractivity contribution in [2.24, 2.45) is 0 Å². The van der Waals surface area contributed by atoms with E-state index in [4.69, 9.17) is 9.47 Å². The SMILES string of the molecule is COc1ccc(-n2ncc(OC3CCCC3)c2C(=O)O)cc1. The minimum absolute atomic E-state index is 0.0528. The first-order chi connectivity index (χ1) is 10.7. The third-order valence-electron chi connectivity index (χ3n) is 3.85. The Morgan fingerprint density at radius 1 is 1.27 bits per heavy atom. The Bertz CT molecular complexity index is 657. The predicted molar refractivity (Wildman–Crippen MR) is 80.0 cm³/mol. The van der Waals surface area contributed by atoms with Gasteiger partial charge in [-0.1, -0.05) is 0 Å². The van der Waals surface area contributed by atoms with Crippen molar-refractivity contribution in [3.05, 3.63) is 36.2 Å². The van der Waals surface area contributed by atoms with Crippen LogP contribution in [0.25, 0.3) is 5.69 Å². The lowest BCUT2D eigenvalue weighted by atomic mass is 10.3. The van der Waals surface area contributed by atoms with E-state index in [1.165, 1.54) is 10.9 Å². The second-order valence-corrected chi connectivity index (χ2v) is 5.30. The molecule has 2 aromatic rings. The van der Waals surface area contributed by atoms with Crippen LogP contribution in [0.3, 0.4) is 0 Å². The molecule has 0 aliphatic heterocycles. The molecule has 1 aliphatic rings. The summed E-state index contributed by atoms with van der Waals surface area (Å²) in [6.45, 7) is 0. The van der Waals surface area contributed by atoms with Crippen LogP contribution in [0.5, 0.6) is 11.5 Å². The number of benzene rings is 1. The number of nitrogens with zero attached hydrogens (tertiary/aromatic N) is 2. The van der Waals surface area contributed by atoms with E-state index in [1.807, 2.05) is 0 Å². The van der Waals surface area contributed by atoms with Gasteiger partial charge in [-0.05, 0) is 49.9 Å². The molecule has 0 atom stereocenters. The summed E-state index contributed by atoms with van der Waals surface area (Å²) in [5.74, 6) is -0.0215. The molecule has 6 heteroatoms. The predicted octanol–water partition coefficient (Wildman–Crippen LogP) is 2.90. The average molecular weight is 302 g/mol. The fraction of sp³-hybridized carbons (Fsp3) is 0.375. The maximum atomic E-state index is 11.6. The Morgan fingerprint density at radius 3 is 2.55 bits per heavy atom. The van der Waals surface area contributed by atoms with Crippen LogP contribution >= 0.6 is 0 Å². The van der Waals surface area contributed by atoms with E-state index in [0.717, 1.165) is 25.7 Å². The third-order valence-corrected chi connectivity index (χ3v) is 3.85. The molecule has 0 unspecified atom stereocenters. The van der Waals surface area contributed by atoms with Crippen molar-refractivity contribution in [2.75, 3.05) is 7.11 Å². The van der Waals surface area contributed by atoms with Crippen molar-refractivity contribution < 1.29 is 19.4 Å². The van der Waals surface area contributed by atoms with E-state index < -0.39 is 5.97 Å². The summed E-state index contributed by atoms with van der Waals surface area (Å²) < 4.78 is 12.3. The Labute approximate surface area is 128 Å². The van der Waals surface area contributed by atoms with Crippen LogP contribution < -0.4 is 9.47 Å². The zero-order chi connectivity index (χ0) is 15.5. The first kappa shape index (κ1) is 14.4. The monoisotopic (exact) mass is 302 g/mol. The Balaban J connectivity index is 1.93. The van der Waals surface area contributed by atoms with Gasteiger partial charge in [-0.2, -0.15) is 5.10 Å². The molecule has 0 bridgehead atoms. The number of rotatable bonds is 5. The van der Waals surface area contributed by atoms with Gasteiger partial charge >= 0.3 is 5.97 Å². The zero-order valence-corrected chi connectivity index (χ0v) is 12.4. The summed E-state index contributed by atoms with van der Waals surface area (Å²) in [6, 6.07) is 7.05. The molecule has 1 aromatic heterocycles. The second-order valence-electron chi connectivity index (χ2n) is 5.30. The highest BCUT2D eigenvalue weighted by Crippen LogP contribution is 2.28. The molecular formula is C16H18N2O4. The lowest BCUT2D eigenvalue weighted by Crippen LogP contribution is -2.14. The molecule has 0 spiro atoms. The van der Waals surface area contributed by atoms with Crippen molar-refractivity contribution in [3.8, 4) is 17.2 Å². The average Bonchev–Trinajstić information content (AvgIpc) is 3.17. The van der Waals surface area contributed by atoms with Crippen molar-refractivity contribution in [2.45, 2.75) is 31.8 Å². The number of hydrogen-bond acceptors (Lipinski definition) is 4. The van der Waals surface area contributed by atoms with Gasteiger partial charge in [0.25, 0.3) is 0 Å². The van der Waals surface area contributed by atoms with Gasteiger partial charge in [0.15, 0.2) is 11.4 Å². The van der Waals surface area contributed by atoms with Crippen LogP contribution in [0.4, 0.5) is 0 Å². The molecule has 1 aromatic carbocycles. The van der Waals surface area contributed by atoms with Gasteiger partial charge in [-0.25, -0.2) is 9.48 Å². The number of aromatic nitrogens is 2. The highest BCUT2D eigenvalue weighted by molar-refractivity contribution is 5.89. The molecule has 1 heterocycles. The van der Waals surface area contributed by atoms with Crippen LogP contribution in [-0.4, -0.2) is 34.1 Å². The number of carboxylic acid groups (broad SMARTS) is 1. The van der Waals surface area contributed by atoms with Crippen LogP contribution in [0.1, 0.15) is 36.2 Å². The van der Waals surface area contributed by atoms with Crippen molar-refractivity contribution in [1.29, 1.82) is 0 Å². The topological polar surface area (TPSA) is 73.6 Å². The number of hydrogen-bond donors (Lipinski definition) is 1. The summed E-state index contributed by atoms with van der Waals surface area (Å²) >= 11 is 0. The van der Waals surface area contributed by atoms with E-state index in [1.54, 1.807) is 31.4 Å². The Morgan fingerprint density at radius 2 is 1.95 bits per heavy atom. The summed E-state index contributed by atoms with van der Waals surface area (Å²) in [4.78, 5) is 11.6. The first-order valence-electron chi connectivity index (χ1n) is 7.31. The lowest BCUT2D eigenvalue weighted by molar-refractivity contribution is 0.0679. The zero-order valence-electron chi connectivity index (χ0n) is 12.4. The molecule has 1 N–H and O–H groups in total. The van der Waals surface area contributed by atoms with Gasteiger partial charge in [0, 0.05) is 0 Å². The molecule has 22 heavy (non-hydrogen) atoms. The van der Waals surface area contributed by atoms with Crippen molar-refractivity contribution >= 4 is 5.97 Å². The minimum Gasteiger partial charge on any atom is -0.497 e. The van der Waals surface area contributed by atoms with Gasteiger partial charge < -0.3 is 14.6 Å². The molecule has 1 saturated carbocycles. The van der Waals surface area contributed by atoms with Crippen LogP contribution in [0, 0.1) is 0 Å². The van der Waals surface area contributed by atoms with E-state index in [9.17, 15) is 9.90 Å². The van der Waals surface area contributed by atoms with Crippen LogP contribution in [-0.2, 0) is 0 Å². The maximum Gasteiger partial charge on any atom is 0.358 e. The summed E-state index contributed by atoms with van der Waals surface area (Å²) in [5.41, 5.74) is 0.705. The Kier molecular flexibility index (Phi) is 4.00. The van der Waals surface area contributed by atoms with Crippen molar-refractivity contribution in [1.82, 2.24) is 9.78 Å². The fourth-order valence-electron chi connectivity index (χ4n) is 2.72. The molecule has 0 radical (unpaired) electrons. The highest BCUT2D eigenvalue weighted by atomic mass is 16.5. The molecular weight excluding hydrogens is 284 g/mol. The summed E-state index contributed by atoms with van der Waals surface area (Å²) in [7, 11) is 1.58. The standard InChI is InChI=1S/C16H18N2O4/c1-21-12-8-6-11(7-9-12)18-15(16(19)20)14(10-17-18)22-13-4-2-3-5-13/h6-10,13H,2-5H2,1H3,(H,19,20). The lowest BCUT2D eigenvalue weighted by Gasteiger charge is -2.12. The normalized spacial score (nSPS) is 15.0. The quantitative estimate of drug-likeness (QED) is 0.919. The van der Waals surface area contributed by atoms with Crippen LogP contribution in [0.2, 0.25) is 0 Å². The van der Waals surface area contributed by atoms with Gasteiger partial charge in [-0.3, -0.25) is 0 Å². The smallest absolute Gasteiger partial charge is 0.358 e. The van der Waals surface area contributed by atoms with E-state index in [0.29, 0.717) is 17.2 Å². The molecule has 1 aliphatic carbocycles. The van der Waals surface area contributed by atoms with Crippen molar-refractivity contribution in [3.63, 3.8) is 0 Å². The van der Waals surface area contributed by atoms with E-state index in [-0.39, 0.29) is 11.8 Å². The minimum atomic E-state index is -1.05. The van der Waals surface area contributed by atoms with Crippen LogP contribution in [0.15, 0.2) is 30.5 Å². The summed E-state index contributed by atoms with van der Waals surface area (Å²) in [5, 5.41) is 13.7. The number of carbonyl (C=O) groups is 1. The van der Waals surface area contributed by atoms with Gasteiger partial charge in [0.05, 0.1) is 25.1 Å². The highest BCUT2D eigenvalue weighted by Gasteiger charge is 2.24. The van der Waals surface area contributed by atoms with Gasteiger partial charge in [-0.15, -0.1) is 0 Å². The van der Waals surface area contributed by atoms with E-state index in [2.05, 4.69) is 5.10 Å². The maximum absolute atomic E-state index is 11.6. The molecule has 6 nitrogen and oxygen atoms in total. The number of carboxylic acids is 1. The summed E-state index contributed by atoms with van der Waals surface area (Å²) in [6.07, 6.45) is 5.75. The van der Waals surface area contributed by atoms with Gasteiger partial charge in [0.2, 0.25) is 0 Å². The molecule has 116 valence electrons. The van der Waals surface area contributed by atoms with E-state index >= 15 is 0 Å². The molecule has 0 amide bonds. The first-order valence-corrected chi connectivity index (χ1v) is 7.31. The van der Waals surface area contributed by atoms with Gasteiger partial charge in [0.1, 0.15) is 5.75 Å². The third kappa shape index (κ3) is 2.77. The number of methoxy groups -OCH3 is 1. The fourth-order valence-corrected chi connectivity index (χ4v) is 2.72.